The van der Waals surface area contributed by atoms with E-state index in [0.29, 0.717) is 23.0 Å². The van der Waals surface area contributed by atoms with Crippen LogP contribution in [0.15, 0.2) is 72.7 Å². The van der Waals surface area contributed by atoms with Crippen LogP contribution in [0.2, 0.25) is 0 Å². The van der Waals surface area contributed by atoms with Crippen molar-refractivity contribution in [2.75, 3.05) is 13.2 Å². The number of ether oxygens (including phenoxy) is 1. The van der Waals surface area contributed by atoms with E-state index in [1.54, 1.807) is 36.4 Å². The quantitative estimate of drug-likeness (QED) is 0.257. The summed E-state index contributed by atoms with van der Waals surface area (Å²) in [6.45, 7) is 0.317. The van der Waals surface area contributed by atoms with Crippen molar-refractivity contribution in [1.82, 2.24) is 5.32 Å². The summed E-state index contributed by atoms with van der Waals surface area (Å²) in [5, 5.41) is 4.08. The Hall–Kier alpha value is -3.39. The summed E-state index contributed by atoms with van der Waals surface area (Å²) < 4.78 is 16.7. The summed E-state index contributed by atoms with van der Waals surface area (Å²) >= 11 is 3.36. The molecule has 8 heteroatoms. The first-order valence-electron chi connectivity index (χ1n) is 9.18. The minimum atomic E-state index is -0.700. The molecule has 0 fully saturated rings. The summed E-state index contributed by atoms with van der Waals surface area (Å²) in [5.41, 5.74) is 0.240. The molecule has 2 aromatic heterocycles. The number of halogens is 1. The predicted molar refractivity (Wildman–Crippen MR) is 114 cm³/mol. The first-order chi connectivity index (χ1) is 14.5. The zero-order valence-electron chi connectivity index (χ0n) is 15.6. The summed E-state index contributed by atoms with van der Waals surface area (Å²) in [6.07, 6.45) is 0.377. The molecule has 2 aromatic carbocycles. The van der Waals surface area contributed by atoms with Gasteiger partial charge >= 0.3 is 11.6 Å². The van der Waals surface area contributed by atoms with Crippen molar-refractivity contribution in [1.29, 1.82) is 0 Å². The molecule has 4 aromatic rings. The third-order valence-electron chi connectivity index (χ3n) is 4.41. The number of hydrogen-bond acceptors (Lipinski definition) is 6. The molecule has 0 spiro atoms. The molecule has 7 nitrogen and oxygen atoms in total. The van der Waals surface area contributed by atoms with Gasteiger partial charge in [-0.3, -0.25) is 4.79 Å². The van der Waals surface area contributed by atoms with Crippen LogP contribution in [0.4, 0.5) is 0 Å². The molecule has 1 N–H and O–H groups in total. The van der Waals surface area contributed by atoms with Crippen molar-refractivity contribution in [3.63, 3.8) is 0 Å². The number of para-hydroxylation sites is 1. The molecule has 30 heavy (non-hydrogen) atoms. The van der Waals surface area contributed by atoms with E-state index in [-0.39, 0.29) is 24.5 Å². The van der Waals surface area contributed by atoms with Gasteiger partial charge < -0.3 is 18.9 Å². The zero-order chi connectivity index (χ0) is 21.1. The van der Waals surface area contributed by atoms with Crippen LogP contribution >= 0.6 is 15.9 Å². The van der Waals surface area contributed by atoms with E-state index >= 15 is 0 Å². The number of esters is 1. The van der Waals surface area contributed by atoms with Crippen LogP contribution in [0.3, 0.4) is 0 Å². The highest BCUT2D eigenvalue weighted by Gasteiger charge is 2.15. The molecule has 1 amide bonds. The SMILES string of the molecule is O=C(OCCCNC(=O)c1cc2ccccc2oc1=O)c1cc2cc(Br)ccc2o1. The van der Waals surface area contributed by atoms with Crippen LogP contribution in [0.5, 0.6) is 0 Å². The Morgan fingerprint density at radius 3 is 2.63 bits per heavy atom. The molecule has 0 saturated heterocycles. The van der Waals surface area contributed by atoms with Crippen molar-refractivity contribution in [3.05, 3.63) is 80.8 Å². The summed E-state index contributed by atoms with van der Waals surface area (Å²) in [4.78, 5) is 36.4. The van der Waals surface area contributed by atoms with Crippen molar-refractivity contribution in [3.8, 4) is 0 Å². The van der Waals surface area contributed by atoms with Crippen LogP contribution in [0, 0.1) is 0 Å². The molecule has 0 aliphatic heterocycles. The van der Waals surface area contributed by atoms with Crippen LogP contribution < -0.4 is 10.9 Å². The lowest BCUT2D eigenvalue weighted by molar-refractivity contribution is 0.0467. The predicted octanol–water partition coefficient (Wildman–Crippen LogP) is 4.28. The summed E-state index contributed by atoms with van der Waals surface area (Å²) in [6, 6.07) is 15.5. The van der Waals surface area contributed by atoms with Gasteiger partial charge in [0.15, 0.2) is 0 Å². The van der Waals surface area contributed by atoms with Gasteiger partial charge in [-0.25, -0.2) is 9.59 Å². The third-order valence-corrected chi connectivity index (χ3v) is 4.90. The molecule has 0 bridgehead atoms. The highest BCUT2D eigenvalue weighted by molar-refractivity contribution is 9.10. The Balaban J connectivity index is 1.28. The Morgan fingerprint density at radius 2 is 1.77 bits per heavy atom. The molecule has 0 radical (unpaired) electrons. The van der Waals surface area contributed by atoms with Gasteiger partial charge in [-0.15, -0.1) is 0 Å². The Labute approximate surface area is 178 Å². The number of carbonyl (C=O) groups is 2. The smallest absolute Gasteiger partial charge is 0.374 e. The largest absolute Gasteiger partial charge is 0.460 e. The number of amides is 1. The number of benzene rings is 2. The molecule has 4 rings (SSSR count). The number of rotatable bonds is 6. The summed E-state index contributed by atoms with van der Waals surface area (Å²) in [7, 11) is 0. The van der Waals surface area contributed by atoms with Gasteiger partial charge in [0.2, 0.25) is 5.76 Å². The van der Waals surface area contributed by atoms with E-state index in [4.69, 9.17) is 13.6 Å². The lowest BCUT2D eigenvalue weighted by Crippen LogP contribution is -2.29. The van der Waals surface area contributed by atoms with Crippen molar-refractivity contribution in [2.45, 2.75) is 6.42 Å². The van der Waals surface area contributed by atoms with Crippen LogP contribution in [-0.4, -0.2) is 25.0 Å². The Morgan fingerprint density at radius 1 is 0.967 bits per heavy atom. The van der Waals surface area contributed by atoms with Crippen molar-refractivity contribution in [2.24, 2.45) is 0 Å². The topological polar surface area (TPSA) is 98.7 Å². The molecule has 0 saturated carbocycles. The van der Waals surface area contributed by atoms with E-state index < -0.39 is 17.5 Å². The number of carbonyl (C=O) groups excluding carboxylic acids is 2. The van der Waals surface area contributed by atoms with Crippen molar-refractivity contribution >= 4 is 49.7 Å². The van der Waals surface area contributed by atoms with E-state index in [0.717, 1.165) is 9.86 Å². The lowest BCUT2D eigenvalue weighted by Gasteiger charge is -2.06. The maximum absolute atomic E-state index is 12.3. The Kier molecular flexibility index (Phi) is 5.67. The van der Waals surface area contributed by atoms with Crippen molar-refractivity contribution < 1.29 is 23.2 Å². The van der Waals surface area contributed by atoms with Gasteiger partial charge in [0.25, 0.3) is 5.91 Å². The van der Waals surface area contributed by atoms with Gasteiger partial charge in [0, 0.05) is 21.8 Å². The number of fused-ring (bicyclic) bond motifs is 2. The van der Waals surface area contributed by atoms with E-state index in [9.17, 15) is 14.4 Å². The Bertz CT molecular complexity index is 1310. The van der Waals surface area contributed by atoms with Gasteiger partial charge in [0.1, 0.15) is 16.7 Å². The molecule has 0 unspecified atom stereocenters. The molecule has 152 valence electrons. The minimum absolute atomic E-state index is 0.0702. The first-order valence-corrected chi connectivity index (χ1v) is 9.98. The molecular formula is C22H16BrNO6. The van der Waals surface area contributed by atoms with E-state index in [1.807, 2.05) is 12.1 Å². The first kappa shape index (κ1) is 19.9. The number of furan rings is 1. The van der Waals surface area contributed by atoms with Gasteiger partial charge in [-0.1, -0.05) is 34.1 Å². The highest BCUT2D eigenvalue weighted by Crippen LogP contribution is 2.23. The van der Waals surface area contributed by atoms with E-state index in [2.05, 4.69) is 21.2 Å². The second-order valence-corrected chi connectivity index (χ2v) is 7.44. The third kappa shape index (κ3) is 4.28. The fourth-order valence-corrected chi connectivity index (χ4v) is 3.32. The lowest BCUT2D eigenvalue weighted by atomic mass is 10.2. The highest BCUT2D eigenvalue weighted by atomic mass is 79.9. The fourth-order valence-electron chi connectivity index (χ4n) is 2.94. The average Bonchev–Trinajstić information content (AvgIpc) is 3.16. The van der Waals surface area contributed by atoms with Crippen LogP contribution in [-0.2, 0) is 4.74 Å². The van der Waals surface area contributed by atoms with Gasteiger partial charge in [-0.05, 0) is 42.8 Å². The fraction of sp³-hybridized carbons (Fsp3) is 0.136. The van der Waals surface area contributed by atoms with Crippen LogP contribution in [0.25, 0.3) is 21.9 Å². The summed E-state index contributed by atoms with van der Waals surface area (Å²) in [5.74, 6) is -1.01. The zero-order valence-corrected chi connectivity index (χ0v) is 17.2. The molecular weight excluding hydrogens is 454 g/mol. The van der Waals surface area contributed by atoms with Gasteiger partial charge in [-0.2, -0.15) is 0 Å². The molecule has 2 heterocycles. The van der Waals surface area contributed by atoms with Crippen LogP contribution in [0.1, 0.15) is 27.3 Å². The monoisotopic (exact) mass is 469 g/mol. The molecule has 0 atom stereocenters. The van der Waals surface area contributed by atoms with Gasteiger partial charge in [0.05, 0.1) is 6.61 Å². The van der Waals surface area contributed by atoms with E-state index in [1.165, 1.54) is 6.07 Å². The number of hydrogen-bond donors (Lipinski definition) is 1. The number of nitrogens with one attached hydrogen (secondary N) is 1. The molecule has 0 aliphatic carbocycles. The maximum Gasteiger partial charge on any atom is 0.374 e. The second-order valence-electron chi connectivity index (χ2n) is 6.52. The molecule has 0 aliphatic rings. The second kappa shape index (κ2) is 8.54. The normalized spacial score (nSPS) is 11.0. The maximum atomic E-state index is 12.3. The standard InChI is InChI=1S/C22H16BrNO6/c23-15-6-7-18-14(10-15)12-19(29-18)22(27)28-9-3-8-24-20(25)16-11-13-4-1-2-5-17(13)30-21(16)26/h1-2,4-7,10-12H,3,8-9H2,(H,24,25). The minimum Gasteiger partial charge on any atom is -0.460 e. The average molecular weight is 470 g/mol.